The van der Waals surface area contributed by atoms with Crippen LogP contribution in [-0.2, 0) is 6.18 Å². The van der Waals surface area contributed by atoms with Gasteiger partial charge in [0.1, 0.15) is 6.33 Å². The van der Waals surface area contributed by atoms with Gasteiger partial charge in [0.2, 0.25) is 0 Å². The van der Waals surface area contributed by atoms with E-state index in [4.69, 9.17) is 5.73 Å². The first-order chi connectivity index (χ1) is 7.39. The van der Waals surface area contributed by atoms with E-state index in [-0.39, 0.29) is 11.2 Å². The van der Waals surface area contributed by atoms with Crippen LogP contribution < -0.4 is 5.73 Å². The summed E-state index contributed by atoms with van der Waals surface area (Å²) in [5.41, 5.74) is 4.01. The number of hydrogen-bond acceptors (Lipinski definition) is 2. The van der Waals surface area contributed by atoms with Gasteiger partial charge in [0.15, 0.2) is 5.69 Å². The third-order valence-electron chi connectivity index (χ3n) is 2.10. The van der Waals surface area contributed by atoms with E-state index in [1.807, 2.05) is 0 Å². The minimum Gasteiger partial charge on any atom is -0.364 e. The minimum absolute atomic E-state index is 0.0438. The number of rotatable bonds is 1. The average Bonchev–Trinajstić information content (AvgIpc) is 2.58. The molecule has 0 saturated carbocycles. The molecule has 0 aromatic carbocycles. The van der Waals surface area contributed by atoms with Crippen molar-refractivity contribution in [3.63, 3.8) is 0 Å². The fourth-order valence-corrected chi connectivity index (χ4v) is 1.35. The number of fused-ring (bicyclic) bond motifs is 1. The molecular weight excluding hydrogens is 223 g/mol. The molecule has 0 atom stereocenters. The lowest BCUT2D eigenvalue weighted by Gasteiger charge is -2.06. The van der Waals surface area contributed by atoms with Crippen molar-refractivity contribution in [3.05, 3.63) is 35.9 Å². The summed E-state index contributed by atoms with van der Waals surface area (Å²) in [5.74, 6) is -0.859. The molecule has 0 aliphatic heterocycles. The van der Waals surface area contributed by atoms with Crippen molar-refractivity contribution >= 4 is 11.4 Å². The number of carbonyl (C=O) groups is 1. The number of aromatic nitrogens is 2. The second kappa shape index (κ2) is 3.22. The van der Waals surface area contributed by atoms with Crippen LogP contribution in [0.3, 0.4) is 0 Å². The molecule has 2 heterocycles. The zero-order valence-corrected chi connectivity index (χ0v) is 7.82. The van der Waals surface area contributed by atoms with Crippen molar-refractivity contribution in [2.24, 2.45) is 5.73 Å². The van der Waals surface area contributed by atoms with Gasteiger partial charge in [0.25, 0.3) is 5.91 Å². The zero-order valence-electron chi connectivity index (χ0n) is 7.82. The van der Waals surface area contributed by atoms with Gasteiger partial charge in [-0.25, -0.2) is 4.98 Å². The van der Waals surface area contributed by atoms with Crippen LogP contribution >= 0.6 is 0 Å². The van der Waals surface area contributed by atoms with Crippen LogP contribution in [0.4, 0.5) is 13.2 Å². The molecule has 0 spiro atoms. The summed E-state index contributed by atoms with van der Waals surface area (Å²) >= 11 is 0. The molecule has 7 heteroatoms. The average molecular weight is 229 g/mol. The highest BCUT2D eigenvalue weighted by Gasteiger charge is 2.31. The number of nitrogens with two attached hydrogens (primary N) is 1. The molecule has 0 aliphatic rings. The summed E-state index contributed by atoms with van der Waals surface area (Å²) in [6, 6.07) is 1.74. The van der Waals surface area contributed by atoms with E-state index in [9.17, 15) is 18.0 Å². The monoisotopic (exact) mass is 229 g/mol. The summed E-state index contributed by atoms with van der Waals surface area (Å²) in [6.45, 7) is 0. The SMILES string of the molecule is NC(=O)c1ncn2ccc(C(F)(F)F)cc12. The Labute approximate surface area is 87.5 Å². The van der Waals surface area contributed by atoms with Crippen molar-refractivity contribution < 1.29 is 18.0 Å². The van der Waals surface area contributed by atoms with E-state index in [1.165, 1.54) is 16.9 Å². The summed E-state index contributed by atoms with van der Waals surface area (Å²) in [5, 5.41) is 0. The summed E-state index contributed by atoms with van der Waals surface area (Å²) in [6.07, 6.45) is -2.05. The predicted molar refractivity (Wildman–Crippen MR) is 48.7 cm³/mol. The Hall–Kier alpha value is -2.05. The van der Waals surface area contributed by atoms with Crippen LogP contribution in [-0.4, -0.2) is 15.3 Å². The van der Waals surface area contributed by atoms with Gasteiger partial charge in [-0.15, -0.1) is 0 Å². The molecule has 2 aromatic rings. The summed E-state index contributed by atoms with van der Waals surface area (Å²) in [4.78, 5) is 14.5. The highest BCUT2D eigenvalue weighted by atomic mass is 19.4. The van der Waals surface area contributed by atoms with E-state index in [2.05, 4.69) is 4.98 Å². The third kappa shape index (κ3) is 1.60. The Morgan fingerprint density at radius 1 is 1.44 bits per heavy atom. The van der Waals surface area contributed by atoms with Gasteiger partial charge in [0.05, 0.1) is 11.1 Å². The molecule has 4 nitrogen and oxygen atoms in total. The molecule has 0 bridgehead atoms. The molecule has 0 fully saturated rings. The highest BCUT2D eigenvalue weighted by Crippen LogP contribution is 2.30. The lowest BCUT2D eigenvalue weighted by atomic mass is 10.2. The largest absolute Gasteiger partial charge is 0.416 e. The number of amides is 1. The Bertz CT molecular complexity index is 559. The fourth-order valence-electron chi connectivity index (χ4n) is 1.35. The molecule has 16 heavy (non-hydrogen) atoms. The zero-order chi connectivity index (χ0) is 11.9. The smallest absolute Gasteiger partial charge is 0.364 e. The number of pyridine rings is 1. The maximum atomic E-state index is 12.4. The minimum atomic E-state index is -4.46. The van der Waals surface area contributed by atoms with Gasteiger partial charge in [-0.3, -0.25) is 4.79 Å². The molecule has 0 aliphatic carbocycles. The number of halogens is 3. The van der Waals surface area contributed by atoms with Gasteiger partial charge >= 0.3 is 6.18 Å². The normalized spacial score (nSPS) is 11.9. The first kappa shape index (κ1) is 10.5. The van der Waals surface area contributed by atoms with Gasteiger partial charge < -0.3 is 10.1 Å². The summed E-state index contributed by atoms with van der Waals surface area (Å²) in [7, 11) is 0. The standard InChI is InChI=1S/C9H6F3N3O/c10-9(11,12)5-1-2-15-4-14-7(8(13)16)6(15)3-5/h1-4H,(H2,13,16). The van der Waals surface area contributed by atoms with Crippen molar-refractivity contribution in [2.75, 3.05) is 0 Å². The number of carbonyl (C=O) groups excluding carboxylic acids is 1. The number of hydrogen-bond donors (Lipinski definition) is 1. The molecule has 2 N–H and O–H groups in total. The van der Waals surface area contributed by atoms with Gasteiger partial charge in [-0.2, -0.15) is 13.2 Å². The predicted octanol–water partition coefficient (Wildman–Crippen LogP) is 1.45. The lowest BCUT2D eigenvalue weighted by molar-refractivity contribution is -0.137. The first-order valence-corrected chi connectivity index (χ1v) is 4.23. The summed E-state index contributed by atoms with van der Waals surface area (Å²) < 4.78 is 38.5. The Kier molecular flexibility index (Phi) is 2.11. The topological polar surface area (TPSA) is 60.4 Å². The van der Waals surface area contributed by atoms with Crippen LogP contribution in [0.1, 0.15) is 16.1 Å². The second-order valence-corrected chi connectivity index (χ2v) is 3.16. The van der Waals surface area contributed by atoms with Crippen molar-refractivity contribution in [3.8, 4) is 0 Å². The van der Waals surface area contributed by atoms with E-state index in [0.717, 1.165) is 12.1 Å². The third-order valence-corrected chi connectivity index (χ3v) is 2.10. The molecule has 0 radical (unpaired) electrons. The van der Waals surface area contributed by atoms with Crippen molar-refractivity contribution in [1.29, 1.82) is 0 Å². The van der Waals surface area contributed by atoms with Crippen LogP contribution in [0.2, 0.25) is 0 Å². The molecular formula is C9H6F3N3O. The van der Waals surface area contributed by atoms with E-state index >= 15 is 0 Å². The van der Waals surface area contributed by atoms with Gasteiger partial charge in [-0.1, -0.05) is 0 Å². The number of alkyl halides is 3. The van der Waals surface area contributed by atoms with Crippen LogP contribution in [0.15, 0.2) is 24.7 Å². The Morgan fingerprint density at radius 2 is 2.12 bits per heavy atom. The molecule has 84 valence electrons. The quantitative estimate of drug-likeness (QED) is 0.804. The van der Waals surface area contributed by atoms with Crippen molar-refractivity contribution in [1.82, 2.24) is 9.38 Å². The van der Waals surface area contributed by atoms with Gasteiger partial charge in [0, 0.05) is 6.20 Å². The first-order valence-electron chi connectivity index (χ1n) is 4.23. The molecule has 0 saturated heterocycles. The Balaban J connectivity index is 2.68. The number of imidazole rings is 1. The maximum absolute atomic E-state index is 12.4. The molecule has 0 unspecified atom stereocenters. The van der Waals surface area contributed by atoms with Crippen LogP contribution in [0.5, 0.6) is 0 Å². The van der Waals surface area contributed by atoms with Gasteiger partial charge in [-0.05, 0) is 12.1 Å². The molecule has 2 rings (SSSR count). The number of nitrogens with zero attached hydrogens (tertiary/aromatic N) is 2. The highest BCUT2D eigenvalue weighted by molar-refractivity contribution is 5.97. The molecule has 1 amide bonds. The lowest BCUT2D eigenvalue weighted by Crippen LogP contribution is -2.12. The van der Waals surface area contributed by atoms with Crippen LogP contribution in [0.25, 0.3) is 5.52 Å². The fraction of sp³-hybridized carbons (Fsp3) is 0.111. The maximum Gasteiger partial charge on any atom is 0.416 e. The van der Waals surface area contributed by atoms with E-state index in [1.54, 1.807) is 0 Å². The van der Waals surface area contributed by atoms with Crippen LogP contribution in [0, 0.1) is 0 Å². The second-order valence-electron chi connectivity index (χ2n) is 3.16. The van der Waals surface area contributed by atoms with Crippen molar-refractivity contribution in [2.45, 2.75) is 6.18 Å². The Morgan fingerprint density at radius 3 is 2.69 bits per heavy atom. The molecule has 2 aromatic heterocycles. The number of primary amides is 1. The van der Waals surface area contributed by atoms with E-state index in [0.29, 0.717) is 0 Å². The van der Waals surface area contributed by atoms with E-state index < -0.39 is 17.6 Å².